The van der Waals surface area contributed by atoms with Crippen molar-refractivity contribution in [3.05, 3.63) is 64.7 Å². The Balaban J connectivity index is 1.41. The molecule has 0 aliphatic carbocycles. The molecule has 8 nitrogen and oxygen atoms in total. The van der Waals surface area contributed by atoms with E-state index in [0.717, 1.165) is 5.56 Å². The van der Waals surface area contributed by atoms with E-state index in [1.54, 1.807) is 12.1 Å². The van der Waals surface area contributed by atoms with Gasteiger partial charge in [-0.25, -0.2) is 0 Å². The molecular weight excluding hydrogens is 547 g/mol. The van der Waals surface area contributed by atoms with Gasteiger partial charge in [0.05, 0.1) is 0 Å². The predicted octanol–water partition coefficient (Wildman–Crippen LogP) is 5.40. The molecular formula is C28H29ClF3N5O3. The number of alkyl halides is 3. The fourth-order valence-electron chi connectivity index (χ4n) is 5.50. The third kappa shape index (κ3) is 5.95. The molecule has 212 valence electrons. The van der Waals surface area contributed by atoms with Crippen LogP contribution >= 0.6 is 11.6 Å². The second-order valence-corrected chi connectivity index (χ2v) is 11.0. The van der Waals surface area contributed by atoms with Crippen LogP contribution in [0.4, 0.5) is 24.9 Å². The lowest BCUT2D eigenvalue weighted by Crippen LogP contribution is -2.41. The third-order valence-corrected chi connectivity index (χ3v) is 7.94. The lowest BCUT2D eigenvalue weighted by Gasteiger charge is -2.39. The molecule has 3 aromatic rings. The van der Waals surface area contributed by atoms with Gasteiger partial charge in [0.2, 0.25) is 17.9 Å². The number of hydrogen-bond acceptors (Lipinski definition) is 7. The summed E-state index contributed by atoms with van der Waals surface area (Å²) >= 11 is 6.18. The number of carboxylic acids is 1. The first-order valence-corrected chi connectivity index (χ1v) is 13.3. The smallest absolute Gasteiger partial charge is 0.429 e. The maximum Gasteiger partial charge on any atom is 0.429 e. The maximum absolute atomic E-state index is 14.5. The zero-order chi connectivity index (χ0) is 28.7. The number of carbonyl (C=O) groups is 1. The number of piperidine rings is 1. The molecule has 1 aromatic heterocycles. The zero-order valence-electron chi connectivity index (χ0n) is 21.7. The highest BCUT2D eigenvalue weighted by Gasteiger charge is 2.46. The summed E-state index contributed by atoms with van der Waals surface area (Å²) < 4.78 is 49.0. The highest BCUT2D eigenvalue weighted by molar-refractivity contribution is 6.30. The molecule has 2 aliphatic heterocycles. The number of rotatable bonds is 6. The highest BCUT2D eigenvalue weighted by Crippen LogP contribution is 2.43. The SMILES string of the molecule is Cc1ccc(-c2cc(Cl)ccc2[C@@H](Oc2cc(N3CCC4(CC3)CN[C@H](C(=O)O)C4)nc(N)n2)C(F)(F)F)cc1. The summed E-state index contributed by atoms with van der Waals surface area (Å²) in [5.74, 6) is -1.02. The largest absolute Gasteiger partial charge is 0.480 e. The molecule has 0 unspecified atom stereocenters. The fraction of sp³-hybridized carbons (Fsp3) is 0.393. The number of carboxylic acid groups (broad SMARTS) is 1. The summed E-state index contributed by atoms with van der Waals surface area (Å²) in [6.07, 6.45) is -5.17. The second-order valence-electron chi connectivity index (χ2n) is 10.5. The first-order valence-electron chi connectivity index (χ1n) is 12.9. The molecule has 2 fully saturated rings. The molecule has 3 heterocycles. The summed E-state index contributed by atoms with van der Waals surface area (Å²) in [7, 11) is 0. The van der Waals surface area contributed by atoms with Crippen molar-refractivity contribution in [2.45, 2.75) is 44.5 Å². The number of benzene rings is 2. The van der Waals surface area contributed by atoms with E-state index in [2.05, 4.69) is 15.3 Å². The number of nitrogen functional groups attached to an aromatic ring is 1. The summed E-state index contributed by atoms with van der Waals surface area (Å²) in [6, 6.07) is 12.1. The van der Waals surface area contributed by atoms with Gasteiger partial charge in [0.1, 0.15) is 11.9 Å². The van der Waals surface area contributed by atoms with Crippen molar-refractivity contribution in [3.8, 4) is 17.0 Å². The predicted molar refractivity (Wildman–Crippen MR) is 145 cm³/mol. The number of ether oxygens (including phenoxy) is 1. The van der Waals surface area contributed by atoms with Gasteiger partial charge < -0.3 is 25.8 Å². The van der Waals surface area contributed by atoms with Crippen LogP contribution in [-0.4, -0.2) is 52.9 Å². The first kappa shape index (κ1) is 28.0. The third-order valence-electron chi connectivity index (χ3n) is 7.71. The van der Waals surface area contributed by atoms with Gasteiger partial charge >= 0.3 is 12.1 Å². The minimum Gasteiger partial charge on any atom is -0.480 e. The van der Waals surface area contributed by atoms with Crippen molar-refractivity contribution in [3.63, 3.8) is 0 Å². The summed E-state index contributed by atoms with van der Waals surface area (Å²) in [5.41, 5.74) is 7.49. The van der Waals surface area contributed by atoms with Gasteiger partial charge in [-0.05, 0) is 54.9 Å². The lowest BCUT2D eigenvalue weighted by molar-refractivity contribution is -0.198. The molecule has 2 aromatic carbocycles. The zero-order valence-corrected chi connectivity index (χ0v) is 22.5. The van der Waals surface area contributed by atoms with E-state index < -0.39 is 24.3 Å². The number of aliphatic carboxylic acids is 1. The van der Waals surface area contributed by atoms with Crippen LogP contribution in [0.3, 0.4) is 0 Å². The summed E-state index contributed by atoms with van der Waals surface area (Å²) in [6.45, 7) is 3.58. The summed E-state index contributed by atoms with van der Waals surface area (Å²) in [4.78, 5) is 21.5. The van der Waals surface area contributed by atoms with Crippen molar-refractivity contribution >= 4 is 29.3 Å². The Morgan fingerprint density at radius 1 is 1.18 bits per heavy atom. The number of anilines is 2. The van der Waals surface area contributed by atoms with Crippen LogP contribution in [0.25, 0.3) is 11.1 Å². The van der Waals surface area contributed by atoms with Crippen LogP contribution < -0.4 is 20.7 Å². The number of halogens is 4. The van der Waals surface area contributed by atoms with Gasteiger partial charge in [0.15, 0.2) is 0 Å². The summed E-state index contributed by atoms with van der Waals surface area (Å²) in [5, 5.41) is 12.7. The van der Waals surface area contributed by atoms with E-state index in [9.17, 15) is 23.1 Å². The van der Waals surface area contributed by atoms with E-state index in [1.807, 2.05) is 24.0 Å². The standard InChI is InChI=1S/C28H29ClF3N5O3/c1-16-2-4-17(5-3-16)20-12-18(29)6-7-19(20)24(28(30,31)32)40-23-13-22(35-26(33)36-23)37-10-8-27(9-11-37)14-21(25(38)39)34-15-27/h2-7,12-13,21,24,34H,8-11,14-15H2,1H3,(H,38,39)(H2,33,35,36)/t21-,24+/m0/s1. The van der Waals surface area contributed by atoms with Crippen LogP contribution in [0, 0.1) is 12.3 Å². The lowest BCUT2D eigenvalue weighted by atomic mass is 9.76. The molecule has 0 bridgehead atoms. The Morgan fingerprint density at radius 2 is 1.88 bits per heavy atom. The van der Waals surface area contributed by atoms with E-state index in [1.165, 1.54) is 24.3 Å². The van der Waals surface area contributed by atoms with Crippen LogP contribution in [0.2, 0.25) is 5.02 Å². The minimum absolute atomic E-state index is 0.110. The number of aromatic nitrogens is 2. The molecule has 2 atom stereocenters. The van der Waals surface area contributed by atoms with Crippen LogP contribution in [0.15, 0.2) is 48.5 Å². The topological polar surface area (TPSA) is 114 Å². The molecule has 5 rings (SSSR count). The number of nitrogens with zero attached hydrogens (tertiary/aromatic N) is 3. The Bertz CT molecular complexity index is 1390. The quantitative estimate of drug-likeness (QED) is 0.358. The molecule has 0 radical (unpaired) electrons. The van der Waals surface area contributed by atoms with Gasteiger partial charge in [-0.15, -0.1) is 0 Å². The first-order chi connectivity index (χ1) is 18.9. The molecule has 40 heavy (non-hydrogen) atoms. The molecule has 0 saturated carbocycles. The van der Waals surface area contributed by atoms with Crippen LogP contribution in [0.5, 0.6) is 5.88 Å². The molecule has 2 saturated heterocycles. The van der Waals surface area contributed by atoms with Crippen molar-refractivity contribution in [1.29, 1.82) is 0 Å². The monoisotopic (exact) mass is 575 g/mol. The number of nitrogens with two attached hydrogens (primary N) is 1. The van der Waals surface area contributed by atoms with Gasteiger partial charge in [-0.1, -0.05) is 47.5 Å². The Morgan fingerprint density at radius 3 is 2.50 bits per heavy atom. The Labute approximate surface area is 234 Å². The minimum atomic E-state index is -4.78. The van der Waals surface area contributed by atoms with E-state index in [4.69, 9.17) is 22.1 Å². The number of hydrogen-bond donors (Lipinski definition) is 3. The van der Waals surface area contributed by atoms with Gasteiger partial charge in [-0.2, -0.15) is 23.1 Å². The number of nitrogens with one attached hydrogen (secondary N) is 1. The average molecular weight is 576 g/mol. The van der Waals surface area contributed by atoms with Crippen molar-refractivity contribution in [2.24, 2.45) is 5.41 Å². The Kier molecular flexibility index (Phi) is 7.54. The maximum atomic E-state index is 14.5. The van der Waals surface area contributed by atoms with Crippen molar-refractivity contribution < 1.29 is 27.8 Å². The van der Waals surface area contributed by atoms with Gasteiger partial charge in [0, 0.05) is 36.3 Å². The van der Waals surface area contributed by atoms with Crippen molar-refractivity contribution in [1.82, 2.24) is 15.3 Å². The number of aryl methyl sites for hydroxylation is 1. The van der Waals surface area contributed by atoms with E-state index >= 15 is 0 Å². The van der Waals surface area contributed by atoms with Crippen LogP contribution in [-0.2, 0) is 4.79 Å². The molecule has 1 spiro atoms. The Hall–Kier alpha value is -3.57. The molecule has 4 N–H and O–H groups in total. The van der Waals surface area contributed by atoms with Gasteiger partial charge in [0.25, 0.3) is 0 Å². The van der Waals surface area contributed by atoms with E-state index in [-0.39, 0.29) is 22.8 Å². The average Bonchev–Trinajstić information content (AvgIpc) is 3.31. The fourth-order valence-corrected chi connectivity index (χ4v) is 5.68. The second kappa shape index (κ2) is 10.8. The van der Waals surface area contributed by atoms with E-state index in [0.29, 0.717) is 60.9 Å². The normalized spacial score (nSPS) is 19.5. The molecule has 2 aliphatic rings. The van der Waals surface area contributed by atoms with Crippen LogP contribution in [0.1, 0.15) is 36.5 Å². The molecule has 0 amide bonds. The van der Waals surface area contributed by atoms with Crippen molar-refractivity contribution in [2.75, 3.05) is 30.3 Å². The highest BCUT2D eigenvalue weighted by atomic mass is 35.5. The van der Waals surface area contributed by atoms with Gasteiger partial charge in [-0.3, -0.25) is 4.79 Å². The molecule has 12 heteroatoms.